The summed E-state index contributed by atoms with van der Waals surface area (Å²) in [6.07, 6.45) is 0.765. The van der Waals surface area contributed by atoms with Crippen molar-refractivity contribution in [2.24, 2.45) is 0 Å². The number of benzene rings is 2. The van der Waals surface area contributed by atoms with Crippen molar-refractivity contribution >= 4 is 68.8 Å². The summed E-state index contributed by atoms with van der Waals surface area (Å²) in [4.78, 5) is 64.3. The second kappa shape index (κ2) is 7.66. The Morgan fingerprint density at radius 2 is 1.86 bits per heavy atom. The van der Waals surface area contributed by atoms with Crippen LogP contribution in [0.1, 0.15) is 16.7 Å². The first-order valence-corrected chi connectivity index (χ1v) is 12.4. The molecule has 1 saturated heterocycles. The zero-order valence-corrected chi connectivity index (χ0v) is 21.6. The van der Waals surface area contributed by atoms with E-state index in [9.17, 15) is 24.0 Å². The molecule has 3 aliphatic rings. The van der Waals surface area contributed by atoms with Gasteiger partial charge in [-0.25, -0.2) is 9.59 Å². The number of imide groups is 1. The number of nitrogens with zero attached hydrogens (tertiary/aromatic N) is 3. The molecule has 6 rings (SSSR count). The predicted octanol–water partition coefficient (Wildman–Crippen LogP) is 1.33. The Morgan fingerprint density at radius 1 is 1.11 bits per heavy atom. The Kier molecular flexibility index (Phi) is 4.84. The van der Waals surface area contributed by atoms with Crippen molar-refractivity contribution in [3.8, 4) is 0 Å². The minimum Gasteiger partial charge on any atom is -0.325 e. The molecule has 0 radical (unpaired) electrons. The molecule has 2 aliphatic heterocycles. The number of carbonyl (C=O) groups is 4. The number of hydrogen-bond donors (Lipinski definition) is 3. The number of imidazole rings is 1. The van der Waals surface area contributed by atoms with Crippen molar-refractivity contribution in [2.75, 3.05) is 17.7 Å². The van der Waals surface area contributed by atoms with Gasteiger partial charge in [0.05, 0.1) is 16.7 Å². The van der Waals surface area contributed by atoms with Gasteiger partial charge in [0.1, 0.15) is 18.6 Å². The smallest absolute Gasteiger partial charge is 0.325 e. The van der Waals surface area contributed by atoms with E-state index < -0.39 is 23.2 Å². The Bertz CT molecular complexity index is 1620. The number of hydrogen-bond acceptors (Lipinski definition) is 5. The van der Waals surface area contributed by atoms with Gasteiger partial charge in [0.2, 0.25) is 11.8 Å². The van der Waals surface area contributed by atoms with Crippen LogP contribution in [0.25, 0.3) is 11.0 Å². The maximum atomic E-state index is 13.1. The second-order valence-electron chi connectivity index (χ2n) is 9.49. The van der Waals surface area contributed by atoms with Crippen LogP contribution in [0.4, 0.5) is 16.2 Å². The molecule has 184 valence electrons. The van der Waals surface area contributed by atoms with Crippen LogP contribution in [0.2, 0.25) is 0 Å². The fourth-order valence-electron chi connectivity index (χ4n) is 5.44. The highest BCUT2D eigenvalue weighted by atomic mass is 127. The number of nitrogens with one attached hydrogen (secondary N) is 3. The van der Waals surface area contributed by atoms with E-state index in [4.69, 9.17) is 0 Å². The van der Waals surface area contributed by atoms with Crippen LogP contribution in [0.5, 0.6) is 0 Å². The molecule has 36 heavy (non-hydrogen) atoms. The molecule has 5 amide bonds. The minimum absolute atomic E-state index is 0.104. The van der Waals surface area contributed by atoms with Crippen LogP contribution in [0.3, 0.4) is 0 Å². The van der Waals surface area contributed by atoms with E-state index in [1.165, 1.54) is 14.0 Å². The molecule has 3 N–H and O–H groups in total. The number of urea groups is 1. The Morgan fingerprint density at radius 3 is 2.58 bits per heavy atom. The molecule has 1 fully saturated rings. The monoisotopic (exact) mass is 600 g/mol. The van der Waals surface area contributed by atoms with E-state index in [0.29, 0.717) is 35.2 Å². The number of carbonyl (C=O) groups excluding carboxylic acids is 4. The lowest BCUT2D eigenvalue weighted by Gasteiger charge is -2.27. The molecule has 3 heterocycles. The highest BCUT2D eigenvalue weighted by molar-refractivity contribution is 14.1. The van der Waals surface area contributed by atoms with Gasteiger partial charge in [-0.3, -0.25) is 28.8 Å². The molecule has 3 aromatic rings. The van der Waals surface area contributed by atoms with E-state index in [1.807, 2.05) is 19.1 Å². The predicted molar refractivity (Wildman–Crippen MR) is 139 cm³/mol. The summed E-state index contributed by atoms with van der Waals surface area (Å²) in [5, 5.41) is 8.06. The summed E-state index contributed by atoms with van der Waals surface area (Å²) in [6.45, 7) is 1.56. The van der Waals surface area contributed by atoms with Crippen LogP contribution in [-0.2, 0) is 40.3 Å². The average Bonchev–Trinajstić information content (AvgIpc) is 3.40. The number of aryl methyl sites for hydroxylation is 1. The first-order valence-electron chi connectivity index (χ1n) is 11.3. The summed E-state index contributed by atoms with van der Waals surface area (Å²) < 4.78 is 3.63. The largest absolute Gasteiger partial charge is 0.330 e. The van der Waals surface area contributed by atoms with Crippen molar-refractivity contribution in [3.05, 3.63) is 55.0 Å². The fraction of sp³-hybridized carbons (Fsp3) is 0.292. The first-order chi connectivity index (χ1) is 17.1. The van der Waals surface area contributed by atoms with Gasteiger partial charge in [-0.15, -0.1) is 0 Å². The number of anilines is 2. The molecule has 1 aromatic heterocycles. The second-order valence-corrected chi connectivity index (χ2v) is 10.6. The standard InChI is InChI=1S/C24H21IN6O5/c1-11-5-15-20-19(18(11)25)27-17(33)10-31(20)23(36)30(15)9-16(32)26-14-4-3-12-7-24(8-13(12)6-14)21(34)28-22(35)29(24)2/h3-6H,7-10H2,1-2H3,(H,26,32)(H,27,33)(H,28,34,35). The molecule has 2 aromatic carbocycles. The third-order valence-corrected chi connectivity index (χ3v) is 8.72. The van der Waals surface area contributed by atoms with Crippen molar-refractivity contribution in [3.63, 3.8) is 0 Å². The molecular formula is C24H21IN6O5. The quantitative estimate of drug-likeness (QED) is 0.308. The van der Waals surface area contributed by atoms with Gasteiger partial charge in [0, 0.05) is 29.1 Å². The Hall–Kier alpha value is -3.68. The summed E-state index contributed by atoms with van der Waals surface area (Å²) in [5.74, 6) is -0.996. The zero-order valence-electron chi connectivity index (χ0n) is 19.4. The van der Waals surface area contributed by atoms with Crippen LogP contribution in [-0.4, -0.2) is 50.4 Å². The lowest BCUT2D eigenvalue weighted by molar-refractivity contribution is -0.126. The molecule has 1 aliphatic carbocycles. The Labute approximate surface area is 217 Å². The maximum Gasteiger partial charge on any atom is 0.330 e. The number of rotatable bonds is 3. The van der Waals surface area contributed by atoms with Gasteiger partial charge in [-0.05, 0) is 64.4 Å². The van der Waals surface area contributed by atoms with Gasteiger partial charge in [0.15, 0.2) is 0 Å². The molecule has 12 heteroatoms. The van der Waals surface area contributed by atoms with Gasteiger partial charge < -0.3 is 15.5 Å². The highest BCUT2D eigenvalue weighted by Crippen LogP contribution is 2.38. The van der Waals surface area contributed by atoms with Gasteiger partial charge in [0.25, 0.3) is 5.91 Å². The Balaban J connectivity index is 1.28. The summed E-state index contributed by atoms with van der Waals surface area (Å²) in [6, 6.07) is 6.83. The number of likely N-dealkylation sites (N-methyl/N-ethyl adjacent to an activating group) is 1. The summed E-state index contributed by atoms with van der Waals surface area (Å²) in [7, 11) is 1.61. The maximum absolute atomic E-state index is 13.1. The molecule has 0 bridgehead atoms. The van der Waals surface area contributed by atoms with Gasteiger partial charge in [-0.1, -0.05) is 6.07 Å². The molecule has 11 nitrogen and oxygen atoms in total. The lowest BCUT2D eigenvalue weighted by atomic mass is 9.95. The number of amides is 5. The van der Waals surface area contributed by atoms with Crippen LogP contribution >= 0.6 is 22.6 Å². The van der Waals surface area contributed by atoms with E-state index in [-0.39, 0.29) is 24.9 Å². The topological polar surface area (TPSA) is 135 Å². The number of fused-ring (bicyclic) bond motifs is 1. The van der Waals surface area contributed by atoms with Crippen molar-refractivity contribution in [2.45, 2.75) is 38.4 Å². The normalized spacial score (nSPS) is 20.2. The van der Waals surface area contributed by atoms with Gasteiger partial charge >= 0.3 is 11.7 Å². The first kappa shape index (κ1) is 22.8. The summed E-state index contributed by atoms with van der Waals surface area (Å²) in [5.41, 5.74) is 3.66. The van der Waals surface area contributed by atoms with Gasteiger partial charge in [-0.2, -0.15) is 0 Å². The van der Waals surface area contributed by atoms with Crippen LogP contribution < -0.4 is 21.6 Å². The van der Waals surface area contributed by atoms with E-state index in [2.05, 4.69) is 38.5 Å². The molecule has 1 atom stereocenters. The van der Waals surface area contributed by atoms with Crippen LogP contribution in [0, 0.1) is 10.5 Å². The third-order valence-electron chi connectivity index (χ3n) is 7.33. The zero-order chi connectivity index (χ0) is 25.5. The van der Waals surface area contributed by atoms with E-state index in [1.54, 1.807) is 19.2 Å². The highest BCUT2D eigenvalue weighted by Gasteiger charge is 2.54. The van der Waals surface area contributed by atoms with E-state index in [0.717, 1.165) is 20.3 Å². The van der Waals surface area contributed by atoms with Crippen molar-refractivity contribution in [1.29, 1.82) is 0 Å². The number of halogens is 1. The van der Waals surface area contributed by atoms with Crippen LogP contribution in [0.15, 0.2) is 29.1 Å². The third kappa shape index (κ3) is 3.13. The summed E-state index contributed by atoms with van der Waals surface area (Å²) >= 11 is 2.14. The fourth-order valence-corrected chi connectivity index (χ4v) is 5.99. The molecular weight excluding hydrogens is 579 g/mol. The molecule has 1 unspecified atom stereocenters. The molecule has 0 saturated carbocycles. The lowest BCUT2D eigenvalue weighted by Crippen LogP contribution is -2.48. The van der Waals surface area contributed by atoms with E-state index >= 15 is 0 Å². The molecule has 1 spiro atoms. The van der Waals surface area contributed by atoms with Crippen molar-refractivity contribution < 1.29 is 19.2 Å². The average molecular weight is 600 g/mol. The SMILES string of the molecule is Cc1cc2c3c(c1I)NC(=O)Cn3c(=O)n2CC(=O)Nc1ccc2c(c1)CC1(C2)C(=O)NC(=O)N1C. The van der Waals surface area contributed by atoms with Crippen molar-refractivity contribution in [1.82, 2.24) is 19.4 Å². The minimum atomic E-state index is -0.942. The number of aromatic nitrogens is 2.